The molecule has 17 heavy (non-hydrogen) atoms. The van der Waals surface area contributed by atoms with Crippen LogP contribution in [0, 0.1) is 0 Å². The predicted molar refractivity (Wildman–Crippen MR) is 61.2 cm³/mol. The summed E-state index contributed by atoms with van der Waals surface area (Å²) in [6, 6.07) is 4.52. The van der Waals surface area contributed by atoms with Gasteiger partial charge in [-0.2, -0.15) is 0 Å². The van der Waals surface area contributed by atoms with Crippen LogP contribution in [0.5, 0.6) is 11.5 Å². The van der Waals surface area contributed by atoms with Crippen LogP contribution in [-0.4, -0.2) is 47.3 Å². The number of carbonyl (C=O) groups is 1. The van der Waals surface area contributed by atoms with Crippen LogP contribution in [0.15, 0.2) is 18.2 Å². The van der Waals surface area contributed by atoms with Gasteiger partial charge >= 0.3 is 0 Å². The van der Waals surface area contributed by atoms with Gasteiger partial charge in [0.25, 0.3) is 5.91 Å². The Balaban J connectivity index is 2.24. The zero-order valence-corrected chi connectivity index (χ0v) is 9.59. The number of carbonyl (C=O) groups excluding carboxylic acids is 1. The van der Waals surface area contributed by atoms with Crippen molar-refractivity contribution in [1.29, 1.82) is 0 Å². The maximum atomic E-state index is 12.1. The lowest BCUT2D eigenvalue weighted by Gasteiger charge is -2.16. The summed E-state index contributed by atoms with van der Waals surface area (Å²) in [5, 5.41) is 19.0. The number of hydrogen-bond donors (Lipinski definition) is 2. The molecule has 1 aromatic carbocycles. The quantitative estimate of drug-likeness (QED) is 0.790. The van der Waals surface area contributed by atoms with E-state index in [2.05, 4.69) is 0 Å². The average Bonchev–Trinajstić information content (AvgIpc) is 2.76. The third kappa shape index (κ3) is 2.34. The zero-order valence-electron chi connectivity index (χ0n) is 9.59. The maximum Gasteiger partial charge on any atom is 0.257 e. The lowest BCUT2D eigenvalue weighted by Crippen LogP contribution is -2.29. The van der Waals surface area contributed by atoms with Crippen molar-refractivity contribution in [3.8, 4) is 11.5 Å². The number of β-amino-alcohol motifs (C(OH)–C–C–N with tert-alkyl or cyclic N) is 1. The topological polar surface area (TPSA) is 70.0 Å². The van der Waals surface area contributed by atoms with Crippen molar-refractivity contribution in [2.75, 3.05) is 20.2 Å². The number of ether oxygens (including phenoxy) is 1. The molecule has 0 aliphatic carbocycles. The number of aliphatic hydroxyl groups is 1. The minimum atomic E-state index is -0.466. The molecule has 5 nitrogen and oxygen atoms in total. The number of likely N-dealkylation sites (tertiary alicyclic amines) is 1. The largest absolute Gasteiger partial charge is 0.507 e. The Labute approximate surface area is 99.2 Å². The number of aliphatic hydroxyl groups excluding tert-OH is 1. The van der Waals surface area contributed by atoms with Crippen LogP contribution in [-0.2, 0) is 0 Å². The van der Waals surface area contributed by atoms with Crippen molar-refractivity contribution in [2.45, 2.75) is 12.5 Å². The molecule has 1 atom stereocenters. The van der Waals surface area contributed by atoms with Gasteiger partial charge in [-0.05, 0) is 24.6 Å². The van der Waals surface area contributed by atoms with Gasteiger partial charge in [0.2, 0.25) is 0 Å². The average molecular weight is 237 g/mol. The Bertz CT molecular complexity index is 433. The number of hydrogen-bond acceptors (Lipinski definition) is 4. The molecule has 0 bridgehead atoms. The van der Waals surface area contributed by atoms with Gasteiger partial charge in [-0.15, -0.1) is 0 Å². The predicted octanol–water partition coefficient (Wildman–Crippen LogP) is 0.608. The number of methoxy groups -OCH3 is 1. The highest BCUT2D eigenvalue weighted by Crippen LogP contribution is 2.25. The zero-order chi connectivity index (χ0) is 12.4. The summed E-state index contributed by atoms with van der Waals surface area (Å²) in [6.07, 6.45) is 0.114. The molecule has 1 aromatic rings. The first-order valence-corrected chi connectivity index (χ1v) is 5.46. The molecule has 92 valence electrons. The maximum absolute atomic E-state index is 12.1. The first-order valence-electron chi connectivity index (χ1n) is 5.46. The Kier molecular flexibility index (Phi) is 3.19. The summed E-state index contributed by atoms with van der Waals surface area (Å²) in [5.41, 5.74) is 0.207. The second-order valence-electron chi connectivity index (χ2n) is 4.08. The van der Waals surface area contributed by atoms with Crippen LogP contribution in [0.2, 0.25) is 0 Å². The fourth-order valence-corrected chi connectivity index (χ4v) is 1.91. The number of rotatable bonds is 2. The van der Waals surface area contributed by atoms with Crippen LogP contribution >= 0.6 is 0 Å². The number of benzene rings is 1. The van der Waals surface area contributed by atoms with Crippen LogP contribution in [0.1, 0.15) is 16.8 Å². The van der Waals surface area contributed by atoms with E-state index in [0.29, 0.717) is 25.3 Å². The summed E-state index contributed by atoms with van der Waals surface area (Å²) < 4.78 is 5.01. The van der Waals surface area contributed by atoms with Gasteiger partial charge < -0.3 is 19.8 Å². The van der Waals surface area contributed by atoms with Crippen LogP contribution < -0.4 is 4.74 Å². The third-order valence-electron chi connectivity index (χ3n) is 2.88. The Morgan fingerprint density at radius 3 is 2.88 bits per heavy atom. The minimum absolute atomic E-state index is 0.0720. The van der Waals surface area contributed by atoms with Gasteiger partial charge in [0.15, 0.2) is 0 Å². The summed E-state index contributed by atoms with van der Waals surface area (Å²) in [6.45, 7) is 0.826. The minimum Gasteiger partial charge on any atom is -0.507 e. The van der Waals surface area contributed by atoms with E-state index < -0.39 is 6.10 Å². The first-order chi connectivity index (χ1) is 8.11. The number of phenolic OH excluding ortho intramolecular Hbond substituents is 1. The molecule has 1 fully saturated rings. The number of amides is 1. The van der Waals surface area contributed by atoms with E-state index in [1.54, 1.807) is 6.07 Å². The molecule has 1 aliphatic rings. The smallest absolute Gasteiger partial charge is 0.257 e. The highest BCUT2D eigenvalue weighted by atomic mass is 16.5. The van der Waals surface area contributed by atoms with Crippen molar-refractivity contribution in [3.63, 3.8) is 0 Å². The van der Waals surface area contributed by atoms with Crippen molar-refractivity contribution in [2.24, 2.45) is 0 Å². The van der Waals surface area contributed by atoms with Crippen LogP contribution in [0.4, 0.5) is 0 Å². The molecular formula is C12H15NO4. The van der Waals surface area contributed by atoms with Gasteiger partial charge in [0.05, 0.1) is 18.8 Å². The summed E-state index contributed by atoms with van der Waals surface area (Å²) >= 11 is 0. The van der Waals surface area contributed by atoms with E-state index in [0.717, 1.165) is 0 Å². The van der Waals surface area contributed by atoms with E-state index >= 15 is 0 Å². The molecular weight excluding hydrogens is 222 g/mol. The normalized spacial score (nSPS) is 19.4. The second kappa shape index (κ2) is 4.63. The van der Waals surface area contributed by atoms with Gasteiger partial charge in [0.1, 0.15) is 11.5 Å². The fourth-order valence-electron chi connectivity index (χ4n) is 1.91. The molecule has 0 saturated carbocycles. The van der Waals surface area contributed by atoms with E-state index in [1.165, 1.54) is 24.1 Å². The Hall–Kier alpha value is -1.75. The monoisotopic (exact) mass is 237 g/mol. The third-order valence-corrected chi connectivity index (χ3v) is 2.88. The van der Waals surface area contributed by atoms with Gasteiger partial charge in [-0.25, -0.2) is 0 Å². The lowest BCUT2D eigenvalue weighted by atomic mass is 10.1. The molecule has 0 unspecified atom stereocenters. The first kappa shape index (κ1) is 11.7. The second-order valence-corrected chi connectivity index (χ2v) is 4.08. The molecule has 2 N–H and O–H groups in total. The van der Waals surface area contributed by atoms with Gasteiger partial charge in [0, 0.05) is 13.1 Å². The molecule has 5 heteroatoms. The summed E-state index contributed by atoms with van der Waals surface area (Å²) in [7, 11) is 1.50. The number of phenols is 1. The van der Waals surface area contributed by atoms with Crippen LogP contribution in [0.25, 0.3) is 0 Å². The highest BCUT2D eigenvalue weighted by molar-refractivity contribution is 5.97. The van der Waals surface area contributed by atoms with Crippen molar-refractivity contribution < 1.29 is 19.7 Å². The van der Waals surface area contributed by atoms with Gasteiger partial charge in [-0.1, -0.05) is 0 Å². The number of nitrogens with zero attached hydrogens (tertiary/aromatic N) is 1. The standard InChI is InChI=1S/C12H15NO4/c1-17-9-2-3-11(15)10(6-9)12(16)13-5-4-8(14)7-13/h2-3,6,8,14-15H,4-5,7H2,1H3/t8-/m1/s1. The highest BCUT2D eigenvalue weighted by Gasteiger charge is 2.27. The van der Waals surface area contributed by atoms with Crippen molar-refractivity contribution >= 4 is 5.91 Å². The Morgan fingerprint density at radius 1 is 1.53 bits per heavy atom. The van der Waals surface area contributed by atoms with E-state index in [-0.39, 0.29) is 17.2 Å². The molecule has 1 heterocycles. The van der Waals surface area contributed by atoms with Crippen molar-refractivity contribution in [1.82, 2.24) is 4.90 Å². The molecule has 2 rings (SSSR count). The molecule has 0 aromatic heterocycles. The van der Waals surface area contributed by atoms with Crippen molar-refractivity contribution in [3.05, 3.63) is 23.8 Å². The summed E-state index contributed by atoms with van der Waals surface area (Å²) in [5.74, 6) is 0.168. The fraction of sp³-hybridized carbons (Fsp3) is 0.417. The Morgan fingerprint density at radius 2 is 2.29 bits per heavy atom. The molecule has 1 aliphatic heterocycles. The molecule has 1 saturated heterocycles. The summed E-state index contributed by atoms with van der Waals surface area (Å²) in [4.78, 5) is 13.6. The molecule has 0 spiro atoms. The van der Waals surface area contributed by atoms with E-state index in [4.69, 9.17) is 4.74 Å². The lowest BCUT2D eigenvalue weighted by molar-refractivity contribution is 0.0761. The number of aromatic hydroxyl groups is 1. The van der Waals surface area contributed by atoms with Gasteiger partial charge in [-0.3, -0.25) is 4.79 Å². The van der Waals surface area contributed by atoms with Crippen LogP contribution in [0.3, 0.4) is 0 Å². The van der Waals surface area contributed by atoms with E-state index in [1.807, 2.05) is 0 Å². The SMILES string of the molecule is COc1ccc(O)c(C(=O)N2CC[C@@H](O)C2)c1. The molecule has 0 radical (unpaired) electrons. The molecule has 1 amide bonds. The van der Waals surface area contributed by atoms with E-state index in [9.17, 15) is 15.0 Å².